The molecule has 3 nitrogen and oxygen atoms in total. The number of nitriles is 1. The molecule has 1 N–H and O–H groups in total. The van der Waals surface area contributed by atoms with Crippen LogP contribution in [0.3, 0.4) is 0 Å². The minimum Gasteiger partial charge on any atom is -0.356 e. The van der Waals surface area contributed by atoms with Gasteiger partial charge < -0.3 is 5.32 Å². The van der Waals surface area contributed by atoms with Crippen molar-refractivity contribution in [1.82, 2.24) is 5.32 Å². The van der Waals surface area contributed by atoms with Crippen molar-refractivity contribution in [2.24, 2.45) is 0 Å². The van der Waals surface area contributed by atoms with E-state index in [4.69, 9.17) is 5.26 Å². The minimum atomic E-state index is 0.0912. The second kappa shape index (κ2) is 8.30. The van der Waals surface area contributed by atoms with Crippen LogP contribution in [0, 0.1) is 18.3 Å². The highest BCUT2D eigenvalue weighted by Crippen LogP contribution is 2.06. The van der Waals surface area contributed by atoms with Crippen molar-refractivity contribution in [3.8, 4) is 6.07 Å². The van der Waals surface area contributed by atoms with Gasteiger partial charge in [-0.2, -0.15) is 5.26 Å². The molecule has 0 heterocycles. The second-order valence-electron chi connectivity index (χ2n) is 4.45. The number of aryl methyl sites for hydroxylation is 2. The Bertz CT molecular complexity index is 421. The Morgan fingerprint density at radius 2 is 2.22 bits per heavy atom. The van der Waals surface area contributed by atoms with Crippen LogP contribution in [0.15, 0.2) is 24.3 Å². The van der Waals surface area contributed by atoms with E-state index in [0.717, 1.165) is 19.3 Å². The van der Waals surface area contributed by atoms with Crippen molar-refractivity contribution in [3.63, 3.8) is 0 Å². The van der Waals surface area contributed by atoms with Crippen LogP contribution in [0.5, 0.6) is 0 Å². The molecule has 1 aromatic rings. The summed E-state index contributed by atoms with van der Waals surface area (Å²) in [5.41, 5.74) is 2.43. The summed E-state index contributed by atoms with van der Waals surface area (Å²) in [4.78, 5) is 11.6. The molecule has 96 valence electrons. The summed E-state index contributed by atoms with van der Waals surface area (Å²) in [6, 6.07) is 10.3. The number of unbranched alkanes of at least 4 members (excludes halogenated alkanes) is 2. The molecule has 0 aliphatic heterocycles. The highest BCUT2D eigenvalue weighted by molar-refractivity contribution is 5.76. The van der Waals surface area contributed by atoms with Gasteiger partial charge in [-0.3, -0.25) is 4.79 Å². The maximum absolute atomic E-state index is 11.6. The van der Waals surface area contributed by atoms with Crippen LogP contribution < -0.4 is 5.32 Å². The first-order chi connectivity index (χ1) is 8.72. The van der Waals surface area contributed by atoms with Crippen molar-refractivity contribution in [2.45, 2.75) is 39.0 Å². The molecule has 0 bridgehead atoms. The molecule has 1 rings (SSSR count). The molecule has 0 aromatic heterocycles. The van der Waals surface area contributed by atoms with Crippen LogP contribution in [0.2, 0.25) is 0 Å². The highest BCUT2D eigenvalue weighted by atomic mass is 16.1. The minimum absolute atomic E-state index is 0.0912. The van der Waals surface area contributed by atoms with E-state index in [2.05, 4.69) is 30.4 Å². The molecule has 0 saturated carbocycles. The summed E-state index contributed by atoms with van der Waals surface area (Å²) in [6.07, 6.45) is 3.62. The van der Waals surface area contributed by atoms with Gasteiger partial charge in [0.05, 0.1) is 6.07 Å². The van der Waals surface area contributed by atoms with Gasteiger partial charge >= 0.3 is 0 Å². The fraction of sp³-hybridized carbons (Fsp3) is 0.467. The highest BCUT2D eigenvalue weighted by Gasteiger charge is 2.01. The van der Waals surface area contributed by atoms with Gasteiger partial charge in [-0.25, -0.2) is 0 Å². The maximum Gasteiger partial charge on any atom is 0.220 e. The fourth-order valence-corrected chi connectivity index (χ4v) is 1.77. The van der Waals surface area contributed by atoms with E-state index in [1.807, 2.05) is 12.1 Å². The standard InChI is InChI=1S/C15H20N2O/c1-13-6-5-7-14(12-13)8-9-15(18)17-11-4-2-3-10-16/h5-7,12H,2-4,8-9,11H2,1H3,(H,17,18). The molecule has 0 radical (unpaired) electrons. The van der Waals surface area contributed by atoms with Crippen molar-refractivity contribution < 1.29 is 4.79 Å². The number of hydrogen-bond donors (Lipinski definition) is 1. The lowest BCUT2D eigenvalue weighted by Crippen LogP contribution is -2.24. The lowest BCUT2D eigenvalue weighted by Gasteiger charge is -2.05. The summed E-state index contributed by atoms with van der Waals surface area (Å²) in [6.45, 7) is 2.73. The predicted molar refractivity (Wildman–Crippen MR) is 72.0 cm³/mol. The van der Waals surface area contributed by atoms with Crippen molar-refractivity contribution >= 4 is 5.91 Å². The molecule has 0 aliphatic carbocycles. The van der Waals surface area contributed by atoms with Crippen LogP contribution >= 0.6 is 0 Å². The topological polar surface area (TPSA) is 52.9 Å². The molecule has 0 atom stereocenters. The van der Waals surface area contributed by atoms with Crippen LogP contribution in [0.1, 0.15) is 36.8 Å². The smallest absolute Gasteiger partial charge is 0.220 e. The summed E-state index contributed by atoms with van der Waals surface area (Å²) in [5.74, 6) is 0.0912. The third-order valence-electron chi connectivity index (χ3n) is 2.76. The number of carbonyl (C=O) groups is 1. The number of benzene rings is 1. The van der Waals surface area contributed by atoms with Crippen molar-refractivity contribution in [2.75, 3.05) is 6.54 Å². The van der Waals surface area contributed by atoms with E-state index in [0.29, 0.717) is 19.4 Å². The van der Waals surface area contributed by atoms with E-state index in [9.17, 15) is 4.79 Å². The maximum atomic E-state index is 11.6. The van der Waals surface area contributed by atoms with Crippen molar-refractivity contribution in [3.05, 3.63) is 35.4 Å². The Labute approximate surface area is 109 Å². The molecule has 18 heavy (non-hydrogen) atoms. The number of nitrogens with one attached hydrogen (secondary N) is 1. The van der Waals surface area contributed by atoms with Crippen LogP contribution in [-0.2, 0) is 11.2 Å². The van der Waals surface area contributed by atoms with Gasteiger partial charge in [0.1, 0.15) is 0 Å². The lowest BCUT2D eigenvalue weighted by molar-refractivity contribution is -0.121. The average molecular weight is 244 g/mol. The fourth-order valence-electron chi connectivity index (χ4n) is 1.77. The quantitative estimate of drug-likeness (QED) is 0.750. The van der Waals surface area contributed by atoms with Gasteiger partial charge in [-0.15, -0.1) is 0 Å². The molecule has 0 spiro atoms. The zero-order valence-corrected chi connectivity index (χ0v) is 10.9. The van der Waals surface area contributed by atoms with Gasteiger partial charge in [0.15, 0.2) is 0 Å². The number of carbonyl (C=O) groups excluding carboxylic acids is 1. The largest absolute Gasteiger partial charge is 0.356 e. The zero-order chi connectivity index (χ0) is 13.2. The van der Waals surface area contributed by atoms with E-state index in [-0.39, 0.29) is 5.91 Å². The van der Waals surface area contributed by atoms with Gasteiger partial charge in [-0.1, -0.05) is 29.8 Å². The Morgan fingerprint density at radius 3 is 2.94 bits per heavy atom. The van der Waals surface area contributed by atoms with E-state index in [1.54, 1.807) is 0 Å². The molecule has 0 unspecified atom stereocenters. The van der Waals surface area contributed by atoms with Crippen LogP contribution in [-0.4, -0.2) is 12.5 Å². The van der Waals surface area contributed by atoms with E-state index in [1.165, 1.54) is 11.1 Å². The summed E-state index contributed by atoms with van der Waals surface area (Å²) in [5, 5.41) is 11.2. The molecule has 3 heteroatoms. The first-order valence-corrected chi connectivity index (χ1v) is 6.41. The van der Waals surface area contributed by atoms with Crippen LogP contribution in [0.25, 0.3) is 0 Å². The zero-order valence-electron chi connectivity index (χ0n) is 10.9. The molecule has 1 aromatic carbocycles. The van der Waals surface area contributed by atoms with Gasteiger partial charge in [-0.05, 0) is 31.7 Å². The second-order valence-corrected chi connectivity index (χ2v) is 4.45. The molecule has 0 saturated heterocycles. The number of rotatable bonds is 7. The number of nitrogens with zero attached hydrogens (tertiary/aromatic N) is 1. The molecular weight excluding hydrogens is 224 g/mol. The number of hydrogen-bond acceptors (Lipinski definition) is 2. The SMILES string of the molecule is Cc1cccc(CCC(=O)NCCCCC#N)c1. The molecule has 1 amide bonds. The van der Waals surface area contributed by atoms with E-state index < -0.39 is 0 Å². The Morgan fingerprint density at radius 1 is 1.39 bits per heavy atom. The van der Waals surface area contributed by atoms with Gasteiger partial charge in [0, 0.05) is 19.4 Å². The lowest BCUT2D eigenvalue weighted by atomic mass is 10.1. The Balaban J connectivity index is 2.15. The Hall–Kier alpha value is -1.82. The first kappa shape index (κ1) is 14.2. The van der Waals surface area contributed by atoms with E-state index >= 15 is 0 Å². The summed E-state index contributed by atoms with van der Waals surface area (Å²) in [7, 11) is 0. The monoisotopic (exact) mass is 244 g/mol. The third kappa shape index (κ3) is 6.05. The normalized spacial score (nSPS) is 9.78. The summed E-state index contributed by atoms with van der Waals surface area (Å²) >= 11 is 0. The van der Waals surface area contributed by atoms with Crippen LogP contribution in [0.4, 0.5) is 0 Å². The molecule has 0 aliphatic rings. The molecular formula is C15H20N2O. The average Bonchev–Trinajstić information content (AvgIpc) is 2.36. The first-order valence-electron chi connectivity index (χ1n) is 6.41. The number of amides is 1. The van der Waals surface area contributed by atoms with Gasteiger partial charge in [0.25, 0.3) is 0 Å². The molecule has 0 fully saturated rings. The van der Waals surface area contributed by atoms with Gasteiger partial charge in [0.2, 0.25) is 5.91 Å². The Kier molecular flexibility index (Phi) is 6.56. The third-order valence-corrected chi connectivity index (χ3v) is 2.76. The van der Waals surface area contributed by atoms with Crippen molar-refractivity contribution in [1.29, 1.82) is 5.26 Å². The predicted octanol–water partition coefficient (Wildman–Crippen LogP) is 2.74. The summed E-state index contributed by atoms with van der Waals surface area (Å²) < 4.78 is 0.